The first-order valence-electron chi connectivity index (χ1n) is 6.28. The van der Waals surface area contributed by atoms with E-state index in [-0.39, 0.29) is 29.5 Å². The summed E-state index contributed by atoms with van der Waals surface area (Å²) in [5.74, 6) is -1.29. The summed E-state index contributed by atoms with van der Waals surface area (Å²) in [5.41, 5.74) is 0.319. The summed E-state index contributed by atoms with van der Waals surface area (Å²) in [6.07, 6.45) is 0.181. The van der Waals surface area contributed by atoms with Gasteiger partial charge >= 0.3 is 12.0 Å². The van der Waals surface area contributed by atoms with Gasteiger partial charge in [-0.2, -0.15) is 0 Å². The molecule has 8 heteroatoms. The third-order valence-corrected chi connectivity index (χ3v) is 2.78. The van der Waals surface area contributed by atoms with E-state index in [9.17, 15) is 14.4 Å². The molecule has 0 radical (unpaired) electrons. The molecular weight excluding hydrogens is 298 g/mol. The van der Waals surface area contributed by atoms with E-state index in [0.717, 1.165) is 0 Å². The number of urea groups is 1. The predicted octanol–water partition coefficient (Wildman–Crippen LogP) is 1.69. The van der Waals surface area contributed by atoms with Crippen LogP contribution in [0.2, 0.25) is 5.02 Å². The Kier molecular flexibility index (Phi) is 6.48. The SMILES string of the molecule is CCNC(=O)CCNC(=O)Nc1ccc(C(=O)O)c(Cl)c1. The molecule has 21 heavy (non-hydrogen) atoms. The highest BCUT2D eigenvalue weighted by molar-refractivity contribution is 6.33. The van der Waals surface area contributed by atoms with Crippen LogP contribution in [0.5, 0.6) is 0 Å². The fourth-order valence-corrected chi connectivity index (χ4v) is 1.78. The van der Waals surface area contributed by atoms with Crippen LogP contribution in [0.15, 0.2) is 18.2 Å². The molecule has 0 aliphatic rings. The number of anilines is 1. The molecule has 1 rings (SSSR count). The zero-order chi connectivity index (χ0) is 15.8. The largest absolute Gasteiger partial charge is 0.478 e. The Balaban J connectivity index is 2.46. The van der Waals surface area contributed by atoms with Crippen molar-refractivity contribution in [3.63, 3.8) is 0 Å². The Morgan fingerprint density at radius 3 is 2.52 bits per heavy atom. The topological polar surface area (TPSA) is 108 Å². The van der Waals surface area contributed by atoms with Gasteiger partial charge in [0, 0.05) is 25.2 Å². The molecule has 7 nitrogen and oxygen atoms in total. The molecule has 1 aromatic rings. The van der Waals surface area contributed by atoms with Crippen LogP contribution in [0.4, 0.5) is 10.5 Å². The average molecular weight is 314 g/mol. The van der Waals surface area contributed by atoms with Gasteiger partial charge in [-0.3, -0.25) is 4.79 Å². The minimum atomic E-state index is -1.14. The van der Waals surface area contributed by atoms with Gasteiger partial charge in [0.1, 0.15) is 0 Å². The molecule has 1 aromatic carbocycles. The number of amides is 3. The highest BCUT2D eigenvalue weighted by atomic mass is 35.5. The van der Waals surface area contributed by atoms with Gasteiger partial charge in [0.2, 0.25) is 5.91 Å². The molecule has 4 N–H and O–H groups in total. The summed E-state index contributed by atoms with van der Waals surface area (Å²) in [6.45, 7) is 2.54. The quantitative estimate of drug-likeness (QED) is 0.641. The summed E-state index contributed by atoms with van der Waals surface area (Å²) in [4.78, 5) is 33.5. The lowest BCUT2D eigenvalue weighted by Gasteiger charge is -2.08. The van der Waals surface area contributed by atoms with Gasteiger partial charge in [0.15, 0.2) is 0 Å². The summed E-state index contributed by atoms with van der Waals surface area (Å²) in [5, 5.41) is 16.5. The normalized spacial score (nSPS) is 9.81. The van der Waals surface area contributed by atoms with Crippen molar-refractivity contribution < 1.29 is 19.5 Å². The highest BCUT2D eigenvalue weighted by Gasteiger charge is 2.10. The lowest BCUT2D eigenvalue weighted by atomic mass is 10.2. The second kappa shape index (κ2) is 8.11. The van der Waals surface area contributed by atoms with Crippen LogP contribution >= 0.6 is 11.6 Å². The van der Waals surface area contributed by atoms with Crippen molar-refractivity contribution in [2.24, 2.45) is 0 Å². The van der Waals surface area contributed by atoms with Gasteiger partial charge in [-0.15, -0.1) is 0 Å². The van der Waals surface area contributed by atoms with Gasteiger partial charge in [-0.05, 0) is 25.1 Å². The maximum Gasteiger partial charge on any atom is 0.337 e. The van der Waals surface area contributed by atoms with Crippen molar-refractivity contribution in [2.75, 3.05) is 18.4 Å². The van der Waals surface area contributed by atoms with Crippen molar-refractivity contribution in [1.29, 1.82) is 0 Å². The number of rotatable bonds is 6. The van der Waals surface area contributed by atoms with E-state index in [2.05, 4.69) is 16.0 Å². The van der Waals surface area contributed by atoms with Gasteiger partial charge in [0.05, 0.1) is 10.6 Å². The Labute approximate surface area is 126 Å². The van der Waals surface area contributed by atoms with Gasteiger partial charge in [-0.1, -0.05) is 11.6 Å². The van der Waals surface area contributed by atoms with Crippen LogP contribution in [-0.2, 0) is 4.79 Å². The maximum atomic E-state index is 11.6. The minimum Gasteiger partial charge on any atom is -0.478 e. The summed E-state index contributed by atoms with van der Waals surface area (Å²) >= 11 is 5.78. The standard InChI is InChI=1S/C13H16ClN3O4/c1-2-15-11(18)5-6-16-13(21)17-8-3-4-9(12(19)20)10(14)7-8/h3-4,7H,2,5-6H2,1H3,(H,15,18)(H,19,20)(H2,16,17,21). The molecule has 0 bridgehead atoms. The second-order valence-electron chi connectivity index (χ2n) is 4.08. The molecule has 0 aromatic heterocycles. The first-order valence-corrected chi connectivity index (χ1v) is 6.66. The van der Waals surface area contributed by atoms with Gasteiger partial charge in [-0.25, -0.2) is 9.59 Å². The van der Waals surface area contributed by atoms with Crippen LogP contribution in [0.3, 0.4) is 0 Å². The van der Waals surface area contributed by atoms with E-state index in [1.54, 1.807) is 0 Å². The Morgan fingerprint density at radius 1 is 1.24 bits per heavy atom. The van der Waals surface area contributed by atoms with E-state index in [1.807, 2.05) is 6.92 Å². The van der Waals surface area contributed by atoms with Crippen LogP contribution in [0.1, 0.15) is 23.7 Å². The number of benzene rings is 1. The first kappa shape index (κ1) is 16.8. The number of nitrogens with one attached hydrogen (secondary N) is 3. The summed E-state index contributed by atoms with van der Waals surface area (Å²) in [6, 6.07) is 3.57. The first-order chi connectivity index (χ1) is 9.93. The van der Waals surface area contributed by atoms with Crippen molar-refractivity contribution in [2.45, 2.75) is 13.3 Å². The Bertz CT molecular complexity index is 548. The molecule has 0 saturated carbocycles. The molecule has 0 saturated heterocycles. The fraction of sp³-hybridized carbons (Fsp3) is 0.308. The Morgan fingerprint density at radius 2 is 1.95 bits per heavy atom. The van der Waals surface area contributed by atoms with Crippen molar-refractivity contribution >= 4 is 35.2 Å². The number of hydrogen-bond acceptors (Lipinski definition) is 3. The Hall–Kier alpha value is -2.28. The summed E-state index contributed by atoms with van der Waals surface area (Å²) < 4.78 is 0. The third-order valence-electron chi connectivity index (χ3n) is 2.47. The van der Waals surface area contributed by atoms with E-state index in [4.69, 9.17) is 16.7 Å². The lowest BCUT2D eigenvalue weighted by molar-refractivity contribution is -0.120. The van der Waals surface area contributed by atoms with Crippen LogP contribution < -0.4 is 16.0 Å². The van der Waals surface area contributed by atoms with Crippen molar-refractivity contribution in [3.05, 3.63) is 28.8 Å². The molecule has 0 unspecified atom stereocenters. The fourth-order valence-electron chi connectivity index (χ4n) is 1.52. The molecule has 114 valence electrons. The maximum absolute atomic E-state index is 11.6. The molecule has 0 spiro atoms. The molecular formula is C13H16ClN3O4. The molecule has 0 aliphatic heterocycles. The number of carboxylic acids is 1. The highest BCUT2D eigenvalue weighted by Crippen LogP contribution is 2.20. The number of halogens is 1. The molecule has 0 heterocycles. The number of carbonyl (C=O) groups excluding carboxylic acids is 2. The van der Waals surface area contributed by atoms with Crippen molar-refractivity contribution in [1.82, 2.24) is 10.6 Å². The van der Waals surface area contributed by atoms with E-state index in [0.29, 0.717) is 12.2 Å². The smallest absolute Gasteiger partial charge is 0.337 e. The number of aromatic carboxylic acids is 1. The van der Waals surface area contributed by atoms with Crippen molar-refractivity contribution in [3.8, 4) is 0 Å². The van der Waals surface area contributed by atoms with Crippen LogP contribution in [0, 0.1) is 0 Å². The number of carbonyl (C=O) groups is 3. The van der Waals surface area contributed by atoms with Gasteiger partial charge < -0.3 is 21.1 Å². The lowest BCUT2D eigenvalue weighted by Crippen LogP contribution is -2.33. The number of hydrogen-bond donors (Lipinski definition) is 4. The molecule has 3 amide bonds. The van der Waals surface area contributed by atoms with Crippen LogP contribution in [0.25, 0.3) is 0 Å². The zero-order valence-corrected chi connectivity index (χ0v) is 12.2. The minimum absolute atomic E-state index is 0.0302. The van der Waals surface area contributed by atoms with E-state index in [1.165, 1.54) is 18.2 Å². The average Bonchev–Trinajstić information content (AvgIpc) is 2.38. The zero-order valence-electron chi connectivity index (χ0n) is 11.4. The van der Waals surface area contributed by atoms with Crippen LogP contribution in [-0.4, -0.2) is 36.1 Å². The monoisotopic (exact) mass is 313 g/mol. The van der Waals surface area contributed by atoms with Gasteiger partial charge in [0.25, 0.3) is 0 Å². The number of carboxylic acid groups (broad SMARTS) is 1. The van der Waals surface area contributed by atoms with E-state index < -0.39 is 12.0 Å². The van der Waals surface area contributed by atoms with E-state index >= 15 is 0 Å². The molecule has 0 atom stereocenters. The molecule has 0 aliphatic carbocycles. The second-order valence-corrected chi connectivity index (χ2v) is 4.49. The summed E-state index contributed by atoms with van der Waals surface area (Å²) in [7, 11) is 0. The third kappa shape index (κ3) is 5.70. The molecule has 0 fully saturated rings. The predicted molar refractivity (Wildman–Crippen MR) is 78.7 cm³/mol.